The fraction of sp³-hybridized carbons (Fsp3) is 0.833. The first kappa shape index (κ1) is 13.8. The van der Waals surface area contributed by atoms with Crippen molar-refractivity contribution in [3.05, 3.63) is 0 Å². The highest BCUT2D eigenvalue weighted by Crippen LogP contribution is 2.20. The Morgan fingerprint density at radius 2 is 1.94 bits per heavy atom. The molecule has 0 aromatic rings. The van der Waals surface area contributed by atoms with E-state index in [0.717, 1.165) is 12.8 Å². The van der Waals surface area contributed by atoms with Gasteiger partial charge in [-0.25, -0.2) is 4.79 Å². The minimum atomic E-state index is -0.526. The zero-order valence-corrected chi connectivity index (χ0v) is 11.1. The molecule has 1 fully saturated rings. The van der Waals surface area contributed by atoms with Crippen LogP contribution in [0.15, 0.2) is 0 Å². The van der Waals surface area contributed by atoms with Gasteiger partial charge in [-0.1, -0.05) is 0 Å². The van der Waals surface area contributed by atoms with Gasteiger partial charge < -0.3 is 10.1 Å². The lowest BCUT2D eigenvalue weighted by atomic mass is 10.0. The maximum atomic E-state index is 12.0. The number of piperidine rings is 1. The molecule has 5 nitrogen and oxygen atoms in total. The van der Waals surface area contributed by atoms with E-state index in [1.165, 1.54) is 4.90 Å². The van der Waals surface area contributed by atoms with E-state index in [4.69, 9.17) is 4.74 Å². The molecule has 0 aromatic carbocycles. The van der Waals surface area contributed by atoms with Crippen LogP contribution in [0.25, 0.3) is 0 Å². The molecule has 0 aromatic heterocycles. The van der Waals surface area contributed by atoms with Gasteiger partial charge in [0.05, 0.1) is 0 Å². The van der Waals surface area contributed by atoms with Crippen LogP contribution in [0.1, 0.15) is 40.0 Å². The molecule has 1 aliphatic rings. The fourth-order valence-electron chi connectivity index (χ4n) is 1.91. The molecule has 5 heteroatoms. The first-order chi connectivity index (χ1) is 7.85. The van der Waals surface area contributed by atoms with Crippen molar-refractivity contribution in [2.75, 3.05) is 13.6 Å². The second-order valence-electron chi connectivity index (χ2n) is 5.30. The third kappa shape index (κ3) is 3.91. The summed E-state index contributed by atoms with van der Waals surface area (Å²) in [7, 11) is 1.59. The second kappa shape index (κ2) is 5.38. The van der Waals surface area contributed by atoms with Crippen LogP contribution >= 0.6 is 0 Å². The van der Waals surface area contributed by atoms with Crippen molar-refractivity contribution in [2.24, 2.45) is 0 Å². The van der Waals surface area contributed by atoms with Gasteiger partial charge in [0, 0.05) is 13.6 Å². The molecule has 0 aliphatic carbocycles. The van der Waals surface area contributed by atoms with Crippen LogP contribution in [0, 0.1) is 0 Å². The molecule has 1 rings (SSSR count). The van der Waals surface area contributed by atoms with E-state index >= 15 is 0 Å². The second-order valence-corrected chi connectivity index (χ2v) is 5.30. The molecule has 0 bridgehead atoms. The van der Waals surface area contributed by atoms with E-state index < -0.39 is 11.7 Å². The molecule has 1 atom stereocenters. The van der Waals surface area contributed by atoms with Crippen LogP contribution in [0.5, 0.6) is 0 Å². The number of hydrogen-bond donors (Lipinski definition) is 1. The Morgan fingerprint density at radius 3 is 2.47 bits per heavy atom. The van der Waals surface area contributed by atoms with Gasteiger partial charge in [-0.05, 0) is 40.0 Å². The van der Waals surface area contributed by atoms with Crippen molar-refractivity contribution in [1.82, 2.24) is 10.2 Å². The topological polar surface area (TPSA) is 58.6 Å². The van der Waals surface area contributed by atoms with Gasteiger partial charge in [0.1, 0.15) is 11.6 Å². The molecule has 1 heterocycles. The van der Waals surface area contributed by atoms with Crippen LogP contribution in [0.2, 0.25) is 0 Å². The molecule has 0 unspecified atom stereocenters. The number of likely N-dealkylation sites (N-methyl/N-ethyl adjacent to an activating group) is 1. The fourth-order valence-corrected chi connectivity index (χ4v) is 1.91. The number of likely N-dealkylation sites (tertiary alicyclic amines) is 1. The van der Waals surface area contributed by atoms with Crippen LogP contribution in [0.3, 0.4) is 0 Å². The van der Waals surface area contributed by atoms with Gasteiger partial charge in [-0.15, -0.1) is 0 Å². The van der Waals surface area contributed by atoms with Crippen LogP contribution < -0.4 is 5.32 Å². The van der Waals surface area contributed by atoms with Gasteiger partial charge in [0.2, 0.25) is 5.91 Å². The zero-order valence-electron chi connectivity index (χ0n) is 11.1. The molecular weight excluding hydrogens is 220 g/mol. The molecule has 1 N–H and O–H groups in total. The van der Waals surface area contributed by atoms with E-state index in [2.05, 4.69) is 5.32 Å². The standard InChI is InChI=1S/C12H22N2O3/c1-12(2,3)17-11(16)14-8-6-5-7-9(14)10(15)13-4/h9H,5-8H2,1-4H3,(H,13,15)/t9-/m1/s1. The van der Waals surface area contributed by atoms with Crippen LogP contribution in [-0.2, 0) is 9.53 Å². The Bertz CT molecular complexity index is 297. The highest BCUT2D eigenvalue weighted by Gasteiger charge is 2.34. The summed E-state index contributed by atoms with van der Waals surface area (Å²) in [5.74, 6) is -0.115. The predicted octanol–water partition coefficient (Wildman–Crippen LogP) is 1.52. The van der Waals surface area contributed by atoms with Crippen molar-refractivity contribution in [1.29, 1.82) is 0 Å². The quantitative estimate of drug-likeness (QED) is 0.758. The zero-order chi connectivity index (χ0) is 13.1. The molecule has 1 saturated heterocycles. The number of amides is 2. The van der Waals surface area contributed by atoms with Gasteiger partial charge in [0.15, 0.2) is 0 Å². The summed E-state index contributed by atoms with van der Waals surface area (Å²) in [4.78, 5) is 25.2. The summed E-state index contributed by atoms with van der Waals surface area (Å²) >= 11 is 0. The summed E-state index contributed by atoms with van der Waals surface area (Å²) in [6.07, 6.45) is 2.20. The number of hydrogen-bond acceptors (Lipinski definition) is 3. The highest BCUT2D eigenvalue weighted by atomic mass is 16.6. The first-order valence-corrected chi connectivity index (χ1v) is 6.06. The molecule has 0 saturated carbocycles. The van der Waals surface area contributed by atoms with Crippen molar-refractivity contribution in [2.45, 2.75) is 51.7 Å². The average Bonchev–Trinajstić information content (AvgIpc) is 2.25. The maximum Gasteiger partial charge on any atom is 0.410 e. The van der Waals surface area contributed by atoms with E-state index in [9.17, 15) is 9.59 Å². The number of nitrogens with zero attached hydrogens (tertiary/aromatic N) is 1. The molecule has 17 heavy (non-hydrogen) atoms. The lowest BCUT2D eigenvalue weighted by molar-refractivity contribution is -0.127. The van der Waals surface area contributed by atoms with Crippen molar-refractivity contribution in [3.63, 3.8) is 0 Å². The van der Waals surface area contributed by atoms with Gasteiger partial charge in [0.25, 0.3) is 0 Å². The predicted molar refractivity (Wildman–Crippen MR) is 64.6 cm³/mol. The molecular formula is C12H22N2O3. The van der Waals surface area contributed by atoms with Crippen molar-refractivity contribution >= 4 is 12.0 Å². The van der Waals surface area contributed by atoms with Gasteiger partial charge in [-0.2, -0.15) is 0 Å². The minimum absolute atomic E-state index is 0.115. The van der Waals surface area contributed by atoms with E-state index in [-0.39, 0.29) is 11.9 Å². The molecule has 1 aliphatic heterocycles. The van der Waals surface area contributed by atoms with Crippen molar-refractivity contribution < 1.29 is 14.3 Å². The Balaban J connectivity index is 2.71. The number of ether oxygens (including phenoxy) is 1. The first-order valence-electron chi connectivity index (χ1n) is 6.06. The minimum Gasteiger partial charge on any atom is -0.444 e. The normalized spacial score (nSPS) is 20.9. The molecule has 98 valence electrons. The highest BCUT2D eigenvalue weighted by molar-refractivity contribution is 5.85. The van der Waals surface area contributed by atoms with E-state index in [1.54, 1.807) is 7.05 Å². The Labute approximate surface area is 102 Å². The third-order valence-electron chi connectivity index (χ3n) is 2.68. The number of carbonyl (C=O) groups excluding carboxylic acids is 2. The lowest BCUT2D eigenvalue weighted by Gasteiger charge is -2.35. The summed E-state index contributed by atoms with van der Waals surface area (Å²) in [6.45, 7) is 6.06. The molecule has 2 amide bonds. The largest absolute Gasteiger partial charge is 0.444 e. The van der Waals surface area contributed by atoms with Gasteiger partial charge in [-0.3, -0.25) is 9.69 Å². The van der Waals surface area contributed by atoms with Crippen LogP contribution in [-0.4, -0.2) is 42.1 Å². The van der Waals surface area contributed by atoms with Crippen LogP contribution in [0.4, 0.5) is 4.79 Å². The lowest BCUT2D eigenvalue weighted by Crippen LogP contribution is -2.52. The monoisotopic (exact) mass is 242 g/mol. The Kier molecular flexibility index (Phi) is 4.37. The molecule has 0 spiro atoms. The van der Waals surface area contributed by atoms with E-state index in [0.29, 0.717) is 13.0 Å². The van der Waals surface area contributed by atoms with E-state index in [1.807, 2.05) is 20.8 Å². The SMILES string of the molecule is CNC(=O)[C@H]1CCCCN1C(=O)OC(C)(C)C. The van der Waals surface area contributed by atoms with Gasteiger partial charge >= 0.3 is 6.09 Å². The Hall–Kier alpha value is -1.26. The maximum absolute atomic E-state index is 12.0. The number of nitrogens with one attached hydrogen (secondary N) is 1. The summed E-state index contributed by atoms with van der Waals surface area (Å²) in [5, 5.41) is 2.59. The number of carbonyl (C=O) groups is 2. The Morgan fingerprint density at radius 1 is 1.29 bits per heavy atom. The third-order valence-corrected chi connectivity index (χ3v) is 2.68. The molecule has 0 radical (unpaired) electrons. The van der Waals surface area contributed by atoms with Crippen molar-refractivity contribution in [3.8, 4) is 0 Å². The smallest absolute Gasteiger partial charge is 0.410 e. The summed E-state index contributed by atoms with van der Waals surface area (Å²) < 4.78 is 5.31. The number of rotatable bonds is 1. The summed E-state index contributed by atoms with van der Waals surface area (Å²) in [6, 6.07) is -0.386. The summed E-state index contributed by atoms with van der Waals surface area (Å²) in [5.41, 5.74) is -0.526. The average molecular weight is 242 g/mol.